The zero-order valence-corrected chi connectivity index (χ0v) is 35.2. The van der Waals surface area contributed by atoms with E-state index in [1.54, 1.807) is 0 Å². The molecule has 0 unspecified atom stereocenters. The minimum absolute atomic E-state index is 1.14. The Kier molecular flexibility index (Phi) is 7.85. The number of hydrogen-bond donors (Lipinski definition) is 0. The highest BCUT2D eigenvalue weighted by molar-refractivity contribution is 7.27. The van der Waals surface area contributed by atoms with Crippen LogP contribution in [-0.2, 0) is 0 Å². The van der Waals surface area contributed by atoms with Crippen molar-refractivity contribution in [1.82, 2.24) is 4.40 Å². The Hall–Kier alpha value is -7.02. The average Bonchev–Trinajstić information content (AvgIpc) is 4.08. The Bertz CT molecular complexity index is 3700. The van der Waals surface area contributed by atoms with E-state index in [2.05, 4.69) is 216 Å². The number of anilines is 3. The fraction of sp³-hybridized carbons (Fsp3) is 0. The van der Waals surface area contributed by atoms with Crippen LogP contribution in [0.1, 0.15) is 0 Å². The first-order valence-electron chi connectivity index (χ1n) is 20.6. The van der Waals surface area contributed by atoms with Crippen LogP contribution in [0.2, 0.25) is 0 Å². The van der Waals surface area contributed by atoms with Crippen molar-refractivity contribution in [2.24, 2.45) is 0 Å². The molecule has 0 aliphatic heterocycles. The van der Waals surface area contributed by atoms with Crippen LogP contribution in [0.5, 0.6) is 0 Å². The van der Waals surface area contributed by atoms with Gasteiger partial charge in [-0.15, -0.1) is 34.0 Å². The smallest absolute Gasteiger partial charge is 0.109 e. The van der Waals surface area contributed by atoms with Crippen molar-refractivity contribution >= 4 is 117 Å². The average molecular weight is 831 g/mol. The molecule has 4 aromatic heterocycles. The van der Waals surface area contributed by atoms with Gasteiger partial charge in [0.15, 0.2) is 0 Å². The summed E-state index contributed by atoms with van der Waals surface area (Å²) >= 11 is 5.64. The van der Waals surface area contributed by atoms with Crippen LogP contribution >= 0.6 is 34.0 Å². The van der Waals surface area contributed by atoms with Crippen LogP contribution in [0, 0.1) is 0 Å². The van der Waals surface area contributed by atoms with Gasteiger partial charge in [0.2, 0.25) is 0 Å². The van der Waals surface area contributed by atoms with Gasteiger partial charge >= 0.3 is 0 Å². The van der Waals surface area contributed by atoms with Crippen molar-refractivity contribution in [2.45, 2.75) is 0 Å². The molecule has 0 saturated heterocycles. The Balaban J connectivity index is 0.881. The molecule has 286 valence electrons. The lowest BCUT2D eigenvalue weighted by Crippen LogP contribution is -2.10. The third-order valence-electron chi connectivity index (χ3n) is 12.2. The lowest BCUT2D eigenvalue weighted by Gasteiger charge is -2.27. The lowest BCUT2D eigenvalue weighted by atomic mass is 10.00. The van der Waals surface area contributed by atoms with Crippen molar-refractivity contribution in [3.05, 3.63) is 206 Å². The van der Waals surface area contributed by atoms with Gasteiger partial charge in [-0.1, -0.05) is 152 Å². The van der Waals surface area contributed by atoms with Gasteiger partial charge in [-0.05, 0) is 82.4 Å². The molecular weight excluding hydrogens is 797 g/mol. The number of fused-ring (bicyclic) bond motifs is 11. The molecule has 9 aromatic carbocycles. The van der Waals surface area contributed by atoms with Gasteiger partial charge in [-0.2, -0.15) is 0 Å². The molecule has 0 fully saturated rings. The van der Waals surface area contributed by atoms with Crippen molar-refractivity contribution in [1.29, 1.82) is 0 Å². The molecule has 0 amide bonds. The fourth-order valence-corrected chi connectivity index (χ4v) is 13.1. The van der Waals surface area contributed by atoms with Crippen LogP contribution in [0.25, 0.3) is 99.7 Å². The Labute approximate surface area is 364 Å². The van der Waals surface area contributed by atoms with E-state index in [1.807, 2.05) is 34.0 Å². The predicted octanol–water partition coefficient (Wildman–Crippen LogP) is 17.5. The molecule has 0 radical (unpaired) electrons. The van der Waals surface area contributed by atoms with Crippen LogP contribution in [-0.4, -0.2) is 4.40 Å². The maximum atomic E-state index is 2.48. The minimum atomic E-state index is 1.14. The number of para-hydroxylation sites is 1. The summed E-state index contributed by atoms with van der Waals surface area (Å²) in [7, 11) is 0. The molecule has 13 aromatic rings. The number of thiophene rings is 2. The number of hydrogen-bond acceptors (Lipinski definition) is 4. The van der Waals surface area contributed by atoms with E-state index in [4.69, 9.17) is 0 Å². The standard InChI is InChI=1S/C56H34N2S3/c1-2-12-38(13-3-1)53-45-16-4-7-19-46(45)58-47-33-30-39(34-52(47)61-56(53)58)37-26-24-35(25-27-37)36-28-31-40(32-29-36)57(48-20-10-17-43-41-14-5-8-22-50(41)59-54(43)48)49-21-11-18-44-42-15-6-9-23-51(42)60-55(44)49/h1-34H. The van der Waals surface area contributed by atoms with E-state index >= 15 is 0 Å². The van der Waals surface area contributed by atoms with Crippen LogP contribution in [0.3, 0.4) is 0 Å². The highest BCUT2D eigenvalue weighted by atomic mass is 32.1. The normalized spacial score (nSPS) is 11.9. The second kappa shape index (κ2) is 13.8. The van der Waals surface area contributed by atoms with Crippen LogP contribution < -0.4 is 4.90 Å². The molecular formula is C56H34N2S3. The first-order valence-corrected chi connectivity index (χ1v) is 23.0. The number of rotatable bonds is 6. The van der Waals surface area contributed by atoms with Gasteiger partial charge in [-0.3, -0.25) is 4.40 Å². The first-order chi connectivity index (χ1) is 30.2. The summed E-state index contributed by atoms with van der Waals surface area (Å²) in [5.74, 6) is 0. The van der Waals surface area contributed by atoms with E-state index in [-0.39, 0.29) is 0 Å². The molecule has 0 spiro atoms. The molecule has 0 aliphatic rings. The molecule has 2 nitrogen and oxygen atoms in total. The van der Waals surface area contributed by atoms with E-state index in [0.717, 1.165) is 5.69 Å². The Morgan fingerprint density at radius 1 is 0.328 bits per heavy atom. The van der Waals surface area contributed by atoms with Crippen LogP contribution in [0.4, 0.5) is 17.1 Å². The largest absolute Gasteiger partial charge is 0.308 e. The van der Waals surface area contributed by atoms with Gasteiger partial charge in [0.1, 0.15) is 4.83 Å². The fourth-order valence-electron chi connectivity index (χ4n) is 9.38. The summed E-state index contributed by atoms with van der Waals surface area (Å²) < 4.78 is 8.94. The highest BCUT2D eigenvalue weighted by Crippen LogP contribution is 2.49. The van der Waals surface area contributed by atoms with Gasteiger partial charge < -0.3 is 4.90 Å². The maximum absolute atomic E-state index is 2.48. The molecule has 0 saturated carbocycles. The van der Waals surface area contributed by atoms with E-state index < -0.39 is 0 Å². The Morgan fingerprint density at radius 2 is 0.836 bits per heavy atom. The third kappa shape index (κ3) is 5.45. The van der Waals surface area contributed by atoms with Crippen LogP contribution in [0.15, 0.2) is 206 Å². The van der Waals surface area contributed by atoms with Crippen molar-refractivity contribution in [3.8, 4) is 33.4 Å². The highest BCUT2D eigenvalue weighted by Gasteiger charge is 2.22. The molecule has 13 rings (SSSR count). The molecule has 5 heteroatoms. The van der Waals surface area contributed by atoms with Crippen molar-refractivity contribution in [3.63, 3.8) is 0 Å². The summed E-state index contributed by atoms with van der Waals surface area (Å²) in [5, 5.41) is 6.50. The van der Waals surface area contributed by atoms with Gasteiger partial charge in [0.25, 0.3) is 0 Å². The Morgan fingerprint density at radius 3 is 1.48 bits per heavy atom. The predicted molar refractivity (Wildman–Crippen MR) is 267 cm³/mol. The summed E-state index contributed by atoms with van der Waals surface area (Å²) in [6, 6.07) is 75.9. The van der Waals surface area contributed by atoms with Gasteiger partial charge in [0, 0.05) is 47.6 Å². The summed E-state index contributed by atoms with van der Waals surface area (Å²) in [6.45, 7) is 0. The summed E-state index contributed by atoms with van der Waals surface area (Å²) in [5.41, 5.74) is 13.4. The molecule has 61 heavy (non-hydrogen) atoms. The monoisotopic (exact) mass is 830 g/mol. The quantitative estimate of drug-likeness (QED) is 0.162. The topological polar surface area (TPSA) is 7.65 Å². The maximum Gasteiger partial charge on any atom is 0.109 e. The van der Waals surface area contributed by atoms with Crippen molar-refractivity contribution in [2.75, 3.05) is 4.90 Å². The van der Waals surface area contributed by atoms with E-state index in [9.17, 15) is 0 Å². The number of benzene rings is 9. The molecule has 0 bridgehead atoms. The molecule has 0 aliphatic carbocycles. The molecule has 0 N–H and O–H groups in total. The minimum Gasteiger partial charge on any atom is -0.308 e. The van der Waals surface area contributed by atoms with E-state index in [1.165, 1.54) is 111 Å². The van der Waals surface area contributed by atoms with Gasteiger partial charge in [0.05, 0.1) is 36.5 Å². The number of thiazole rings is 1. The van der Waals surface area contributed by atoms with E-state index in [0.29, 0.717) is 0 Å². The molecule has 4 heterocycles. The second-order valence-corrected chi connectivity index (χ2v) is 18.8. The SMILES string of the molecule is c1ccc(-c2c3ccccc3n3c2sc2cc(-c4ccc(-c5ccc(N(c6cccc7c6sc6ccccc67)c6cccc7c6sc6ccccc67)cc5)cc4)ccc23)cc1. The molecule has 0 atom stereocenters. The lowest BCUT2D eigenvalue weighted by molar-refractivity contribution is 1.32. The zero-order chi connectivity index (χ0) is 40.0. The van der Waals surface area contributed by atoms with Gasteiger partial charge in [-0.25, -0.2) is 0 Å². The third-order valence-corrected chi connectivity index (χ3v) is 15.8. The first kappa shape index (κ1) is 34.8. The summed E-state index contributed by atoms with van der Waals surface area (Å²) in [6.07, 6.45) is 0. The van der Waals surface area contributed by atoms with Crippen molar-refractivity contribution < 1.29 is 0 Å². The zero-order valence-electron chi connectivity index (χ0n) is 32.7. The summed E-state index contributed by atoms with van der Waals surface area (Å²) in [4.78, 5) is 3.77. The number of aromatic nitrogens is 1. The number of nitrogens with zero attached hydrogens (tertiary/aromatic N) is 2. The second-order valence-electron chi connectivity index (χ2n) is 15.6.